The second-order valence-corrected chi connectivity index (χ2v) is 10.3. The van der Waals surface area contributed by atoms with Gasteiger partial charge in [0, 0.05) is 37.2 Å². The van der Waals surface area contributed by atoms with Crippen LogP contribution in [0.25, 0.3) is 16.8 Å². The number of nitrogens with zero attached hydrogens (tertiary/aromatic N) is 5. The number of anilines is 2. The molecule has 1 aliphatic heterocycles. The Bertz CT molecular complexity index is 1730. The molecule has 1 unspecified atom stereocenters. The van der Waals surface area contributed by atoms with Crippen molar-refractivity contribution in [2.45, 2.75) is 38.3 Å². The first kappa shape index (κ1) is 30.0. The summed E-state index contributed by atoms with van der Waals surface area (Å²) in [4.78, 5) is 39.8. The number of carbonyl (C=O) groups is 2. The Kier molecular flexibility index (Phi) is 8.14. The molecule has 10 nitrogen and oxygen atoms in total. The number of aromatic nitrogens is 4. The van der Waals surface area contributed by atoms with Crippen molar-refractivity contribution in [3.8, 4) is 17.0 Å². The number of hydrogen-bond donors (Lipinski definition) is 2. The van der Waals surface area contributed by atoms with Gasteiger partial charge in [-0.2, -0.15) is 13.2 Å². The Morgan fingerprint density at radius 1 is 1.23 bits per heavy atom. The highest BCUT2D eigenvalue weighted by atomic mass is 35.5. The van der Waals surface area contributed by atoms with Crippen molar-refractivity contribution in [2.24, 2.45) is 0 Å². The van der Waals surface area contributed by atoms with Gasteiger partial charge in [0.2, 0.25) is 5.91 Å². The highest BCUT2D eigenvalue weighted by Crippen LogP contribution is 2.40. The van der Waals surface area contributed by atoms with Crippen molar-refractivity contribution >= 4 is 40.6 Å². The minimum atomic E-state index is -4.66. The van der Waals surface area contributed by atoms with Gasteiger partial charge in [-0.15, -0.1) is 0 Å². The molecule has 4 aromatic rings. The summed E-state index contributed by atoms with van der Waals surface area (Å²) in [6.45, 7) is 2.81. The molecular formula is C28H26ClF4N7O3. The third kappa shape index (κ3) is 5.78. The van der Waals surface area contributed by atoms with Gasteiger partial charge in [-0.25, -0.2) is 19.3 Å². The molecule has 1 fully saturated rings. The van der Waals surface area contributed by atoms with E-state index in [9.17, 15) is 22.8 Å². The molecule has 1 aliphatic rings. The van der Waals surface area contributed by atoms with Gasteiger partial charge in [0.1, 0.15) is 45.4 Å². The van der Waals surface area contributed by atoms with Gasteiger partial charge >= 0.3 is 6.18 Å². The number of alkyl halides is 3. The largest absolute Gasteiger partial charge is 0.496 e. The predicted octanol–water partition coefficient (Wildman–Crippen LogP) is 5.56. The summed E-state index contributed by atoms with van der Waals surface area (Å²) in [5, 5.41) is 2.38. The summed E-state index contributed by atoms with van der Waals surface area (Å²) in [5.41, 5.74) is 5.32. The van der Waals surface area contributed by atoms with Crippen LogP contribution in [0.1, 0.15) is 53.8 Å². The third-order valence-corrected chi connectivity index (χ3v) is 7.50. The molecule has 2 amide bonds. The van der Waals surface area contributed by atoms with Crippen molar-refractivity contribution in [3.05, 3.63) is 64.6 Å². The summed E-state index contributed by atoms with van der Waals surface area (Å²) in [6.07, 6.45) is -0.610. The number of piperidine rings is 1. The van der Waals surface area contributed by atoms with Gasteiger partial charge in [-0.3, -0.25) is 14.0 Å². The topological polar surface area (TPSA) is 128 Å². The molecule has 0 aliphatic carbocycles. The fraction of sp³-hybridized carbons (Fsp3) is 0.321. The molecule has 0 radical (unpaired) electrons. The van der Waals surface area contributed by atoms with Crippen molar-refractivity contribution in [2.75, 3.05) is 31.2 Å². The number of methoxy groups -OCH3 is 1. The molecule has 1 atom stereocenters. The lowest BCUT2D eigenvalue weighted by Crippen LogP contribution is -2.39. The van der Waals surface area contributed by atoms with E-state index in [1.807, 2.05) is 0 Å². The third-order valence-electron chi connectivity index (χ3n) is 7.23. The first-order valence-electron chi connectivity index (χ1n) is 13.3. The number of likely N-dealkylation sites (tertiary alicyclic amines) is 1. The van der Waals surface area contributed by atoms with Crippen LogP contribution in [0, 0.1) is 5.82 Å². The van der Waals surface area contributed by atoms with Crippen LogP contribution < -0.4 is 15.8 Å². The maximum Gasteiger partial charge on any atom is 0.416 e. The van der Waals surface area contributed by atoms with Crippen molar-refractivity contribution in [1.82, 2.24) is 24.3 Å². The number of rotatable bonds is 6. The number of nitrogens with two attached hydrogens (primary N) is 1. The van der Waals surface area contributed by atoms with Crippen LogP contribution in [0.3, 0.4) is 0 Å². The number of halogens is 5. The van der Waals surface area contributed by atoms with E-state index in [2.05, 4.69) is 15.3 Å². The van der Waals surface area contributed by atoms with Crippen molar-refractivity contribution < 1.29 is 31.9 Å². The maximum absolute atomic E-state index is 15.5. The Morgan fingerprint density at radius 3 is 2.70 bits per heavy atom. The summed E-state index contributed by atoms with van der Waals surface area (Å²) in [5.74, 6) is -2.09. The quantitative estimate of drug-likeness (QED) is 0.270. The van der Waals surface area contributed by atoms with Gasteiger partial charge in [0.15, 0.2) is 0 Å². The van der Waals surface area contributed by atoms with Gasteiger partial charge in [0.05, 0.1) is 24.4 Å². The lowest BCUT2D eigenvalue weighted by molar-refractivity contribution is -0.137. The Hall–Kier alpha value is -4.46. The number of carbonyl (C=O) groups excluding carboxylic acids is 2. The number of imidazole rings is 1. The van der Waals surface area contributed by atoms with E-state index in [4.69, 9.17) is 27.1 Å². The molecular weight excluding hydrogens is 594 g/mol. The summed E-state index contributed by atoms with van der Waals surface area (Å²) < 4.78 is 61.9. The van der Waals surface area contributed by atoms with Gasteiger partial charge in [-0.1, -0.05) is 18.5 Å². The summed E-state index contributed by atoms with van der Waals surface area (Å²) in [7, 11) is 1.30. The highest BCUT2D eigenvalue weighted by molar-refractivity contribution is 6.30. The molecule has 43 heavy (non-hydrogen) atoms. The number of nitrogens with one attached hydrogen (secondary N) is 1. The van der Waals surface area contributed by atoms with E-state index in [1.165, 1.54) is 13.3 Å². The standard InChI is InChI=1S/C28H26ClF4N7O3/c1-3-22(41)39-8-4-5-14(13-39)26-38-23(24-25(34)36-12-20(29)40(24)26)17-10-18(30)16(11-19(17)43-2)27(42)37-21-9-15(6-7-35-21)28(31,32)33/h6-7,9-12,14H,3-5,8,13H2,1-2H3,(H2,34,36)(H,35,37,42). The van der Waals surface area contributed by atoms with Crippen LogP contribution in [0.2, 0.25) is 5.15 Å². The molecule has 4 heterocycles. The van der Waals surface area contributed by atoms with Crippen LogP contribution >= 0.6 is 11.6 Å². The molecule has 15 heteroatoms. The first-order chi connectivity index (χ1) is 20.4. The number of pyridine rings is 1. The van der Waals surface area contributed by atoms with Crippen molar-refractivity contribution in [3.63, 3.8) is 0 Å². The van der Waals surface area contributed by atoms with Crippen molar-refractivity contribution in [1.29, 1.82) is 0 Å². The number of nitrogen functional groups attached to an aromatic ring is 1. The van der Waals surface area contributed by atoms with Crippen LogP contribution in [-0.4, -0.2) is 56.3 Å². The first-order valence-corrected chi connectivity index (χ1v) is 13.6. The SMILES string of the molecule is CCC(=O)N1CCCC(c2nc(-c3cc(F)c(C(=O)Nc4cc(C(F)(F)F)ccn4)cc3OC)c3c(N)ncc(Cl)n23)C1. The van der Waals surface area contributed by atoms with Crippen LogP contribution in [0.5, 0.6) is 5.75 Å². The Balaban J connectivity index is 1.57. The van der Waals surface area contributed by atoms with Gasteiger partial charge in [-0.05, 0) is 37.1 Å². The molecule has 226 valence electrons. The lowest BCUT2D eigenvalue weighted by Gasteiger charge is -2.32. The smallest absolute Gasteiger partial charge is 0.416 e. The Labute approximate surface area is 247 Å². The second-order valence-electron chi connectivity index (χ2n) is 9.92. The molecule has 0 saturated carbocycles. The average molecular weight is 620 g/mol. The minimum absolute atomic E-state index is 0.0102. The zero-order chi connectivity index (χ0) is 31.1. The summed E-state index contributed by atoms with van der Waals surface area (Å²) >= 11 is 6.56. The number of fused-ring (bicyclic) bond motifs is 1. The van der Waals surface area contributed by atoms with Crippen LogP contribution in [0.15, 0.2) is 36.7 Å². The molecule has 1 saturated heterocycles. The number of ether oxygens (including phenoxy) is 1. The van der Waals surface area contributed by atoms with Crippen LogP contribution in [-0.2, 0) is 11.0 Å². The lowest BCUT2D eigenvalue weighted by atomic mass is 9.97. The number of benzene rings is 1. The molecule has 1 aromatic carbocycles. The van der Waals surface area contributed by atoms with E-state index in [-0.39, 0.29) is 45.3 Å². The molecule has 0 spiro atoms. The molecule has 3 N–H and O–H groups in total. The van der Waals surface area contributed by atoms with E-state index in [0.29, 0.717) is 37.8 Å². The fourth-order valence-electron chi connectivity index (χ4n) is 5.17. The molecule has 3 aromatic heterocycles. The Morgan fingerprint density at radius 2 is 2.00 bits per heavy atom. The summed E-state index contributed by atoms with van der Waals surface area (Å²) in [6, 6.07) is 3.51. The molecule has 0 bridgehead atoms. The minimum Gasteiger partial charge on any atom is -0.496 e. The molecule has 5 rings (SSSR count). The predicted molar refractivity (Wildman–Crippen MR) is 150 cm³/mol. The van der Waals surface area contributed by atoms with Gasteiger partial charge < -0.3 is 20.7 Å². The van der Waals surface area contributed by atoms with E-state index < -0.39 is 34.8 Å². The average Bonchev–Trinajstić information content (AvgIpc) is 3.40. The monoisotopic (exact) mass is 619 g/mol. The highest BCUT2D eigenvalue weighted by Gasteiger charge is 2.32. The maximum atomic E-state index is 15.5. The zero-order valence-corrected chi connectivity index (χ0v) is 23.8. The second kappa shape index (κ2) is 11.7. The normalized spacial score (nSPS) is 15.5. The van der Waals surface area contributed by atoms with E-state index in [1.54, 1.807) is 16.2 Å². The fourth-order valence-corrected chi connectivity index (χ4v) is 5.39. The van der Waals surface area contributed by atoms with Gasteiger partial charge in [0.25, 0.3) is 5.91 Å². The zero-order valence-electron chi connectivity index (χ0n) is 23.0. The van der Waals surface area contributed by atoms with E-state index in [0.717, 1.165) is 30.8 Å². The number of amides is 2. The van der Waals surface area contributed by atoms with Crippen LogP contribution in [0.4, 0.5) is 29.2 Å². The van der Waals surface area contributed by atoms with E-state index >= 15 is 4.39 Å². The number of hydrogen-bond acceptors (Lipinski definition) is 7.